The van der Waals surface area contributed by atoms with Crippen molar-refractivity contribution in [3.8, 4) is 0 Å². The number of hydrogen-bond acceptors (Lipinski definition) is 34. The number of ether oxygens (including phenoxy) is 14. The van der Waals surface area contributed by atoms with Gasteiger partial charge < -0.3 is 153 Å². The first-order chi connectivity index (χ1) is 48.3. The van der Waals surface area contributed by atoms with Gasteiger partial charge in [-0.25, -0.2) is 0 Å². The van der Waals surface area contributed by atoms with Crippen LogP contribution in [0.25, 0.3) is 0 Å². The Labute approximate surface area is 593 Å². The number of hydrogen-bond donors (Lipinski definition) is 17. The van der Waals surface area contributed by atoms with Crippen molar-refractivity contribution in [2.24, 2.45) is 50.2 Å². The fourth-order valence-corrected chi connectivity index (χ4v) is 19.7. The van der Waals surface area contributed by atoms with E-state index in [1.54, 1.807) is 0 Å². The van der Waals surface area contributed by atoms with Gasteiger partial charge >= 0.3 is 23.9 Å². The molecular formula is C68H106O35. The summed E-state index contributed by atoms with van der Waals surface area (Å²) in [7, 11) is 0. The summed E-state index contributed by atoms with van der Waals surface area (Å²) in [6.45, 7) is 10.2. The highest BCUT2D eigenvalue weighted by atomic mass is 16.8. The van der Waals surface area contributed by atoms with Gasteiger partial charge in [-0.1, -0.05) is 39.3 Å². The minimum atomic E-state index is -2.25. The maximum atomic E-state index is 16.1. The van der Waals surface area contributed by atoms with Crippen molar-refractivity contribution in [1.29, 1.82) is 0 Å². The highest BCUT2D eigenvalue weighted by Gasteiger charge is 2.74. The van der Waals surface area contributed by atoms with Crippen molar-refractivity contribution >= 4 is 23.9 Å². The molecule has 11 aliphatic rings. The van der Waals surface area contributed by atoms with Crippen molar-refractivity contribution in [3.63, 3.8) is 0 Å². The molecule has 6 heterocycles. The monoisotopic (exact) mass is 1480 g/mol. The summed E-state index contributed by atoms with van der Waals surface area (Å²) >= 11 is 0. The van der Waals surface area contributed by atoms with E-state index < -0.39 is 291 Å². The predicted octanol–water partition coefficient (Wildman–Crippen LogP) is -4.90. The number of carbonyl (C=O) groups excluding carboxylic acids is 3. The van der Waals surface area contributed by atoms with E-state index in [2.05, 4.69) is 13.8 Å². The lowest BCUT2D eigenvalue weighted by atomic mass is 9.33. The molecule has 2 unspecified atom stereocenters. The van der Waals surface area contributed by atoms with Gasteiger partial charge in [-0.05, 0) is 113 Å². The van der Waals surface area contributed by atoms with E-state index in [0.717, 1.165) is 19.4 Å². The molecule has 5 aliphatic carbocycles. The third-order valence-electron chi connectivity index (χ3n) is 25.5. The molecule has 0 aromatic rings. The third-order valence-corrected chi connectivity index (χ3v) is 25.5. The van der Waals surface area contributed by atoms with Gasteiger partial charge in [0.25, 0.3) is 0 Å². The number of fused-ring (bicyclic) bond motifs is 7. The van der Waals surface area contributed by atoms with Crippen LogP contribution in [0.4, 0.5) is 0 Å². The minimum Gasteiger partial charge on any atom is -0.481 e. The first kappa shape index (κ1) is 80.6. The van der Waals surface area contributed by atoms with Crippen molar-refractivity contribution in [2.45, 2.75) is 298 Å². The van der Waals surface area contributed by atoms with Crippen LogP contribution in [0.5, 0.6) is 0 Å². The molecule has 17 N–H and O–H groups in total. The largest absolute Gasteiger partial charge is 0.481 e. The van der Waals surface area contributed by atoms with Crippen molar-refractivity contribution in [3.05, 3.63) is 11.6 Å². The standard InChI is InChI=1S/C68H106O35/c1-26-46(98-54-43(82)38(77)33(76)22-90-54)48(99-59-52(85)68(89,24-72)25-91-59)45(84)56(92-26)101-51-50(95-29(4)74)47(94-28(3)73)27(2)93-58(51)103-61(88)66-15-14-62(5,6)18-31(66)30-10-11-36-63(7)19-32(75)53(65(9,60(86)87)37(63)12-13-64(36,8)67(30,23-71)17-16-66)102-57-49(42(81)40(79)35(21-70)97-57)100-55-44(83)41(80)39(78)34(20-69)96-55/h10,26-27,31-59,69-72,75-85,89H,11-25H2,1-9H3,(H,86,87)/t26-,27+,31?,32-,33+,34+,35+,36+,37?,38-,39+,40+,41-,42-,43+,44+,45+,46-,47-,48-,49+,50-,51+,52-,53-,54-,55-,56-,57-,58-,59-,63+,64+,65-,66-,67-,68+/m0/s1. The van der Waals surface area contributed by atoms with Gasteiger partial charge in [-0.3, -0.25) is 19.2 Å². The molecule has 0 aromatic heterocycles. The van der Waals surface area contributed by atoms with Crippen molar-refractivity contribution in [2.75, 3.05) is 39.6 Å². The van der Waals surface area contributed by atoms with Gasteiger partial charge in [0, 0.05) is 19.3 Å². The van der Waals surface area contributed by atoms with E-state index in [9.17, 15) is 101 Å². The van der Waals surface area contributed by atoms with Crippen LogP contribution in [0.3, 0.4) is 0 Å². The number of carboxylic acid groups (broad SMARTS) is 1. The van der Waals surface area contributed by atoms with E-state index in [1.165, 1.54) is 20.8 Å². The third kappa shape index (κ3) is 13.8. The number of rotatable bonds is 19. The fourth-order valence-electron chi connectivity index (χ4n) is 19.7. The Bertz CT molecular complexity index is 3050. The van der Waals surface area contributed by atoms with Crippen LogP contribution in [-0.4, -0.2) is 328 Å². The van der Waals surface area contributed by atoms with Gasteiger partial charge in [0.15, 0.2) is 49.8 Å². The Morgan fingerprint density at radius 1 is 0.524 bits per heavy atom. The predicted molar refractivity (Wildman–Crippen MR) is 337 cm³/mol. The smallest absolute Gasteiger partial charge is 0.315 e. The lowest BCUT2D eigenvalue weighted by Crippen LogP contribution is -2.71. The fraction of sp³-hybridized carbons (Fsp3) is 0.912. The molecule has 10 fully saturated rings. The molecule has 35 nitrogen and oxygen atoms in total. The highest BCUT2D eigenvalue weighted by Crippen LogP contribution is 2.76. The molecular weight excluding hydrogens is 1380 g/mol. The second-order valence-electron chi connectivity index (χ2n) is 32.1. The number of aliphatic hydroxyl groups is 16. The van der Waals surface area contributed by atoms with Crippen LogP contribution < -0.4 is 0 Å². The molecule has 588 valence electrons. The summed E-state index contributed by atoms with van der Waals surface area (Å²) in [5.74, 6) is -5.95. The quantitative estimate of drug-likeness (QED) is 0.0249. The summed E-state index contributed by atoms with van der Waals surface area (Å²) in [5, 5.41) is 188. The first-order valence-electron chi connectivity index (χ1n) is 35.5. The molecule has 0 spiro atoms. The number of carbonyl (C=O) groups is 4. The molecule has 37 atom stereocenters. The van der Waals surface area contributed by atoms with Crippen LogP contribution in [-0.2, 0) is 85.5 Å². The van der Waals surface area contributed by atoms with Crippen LogP contribution in [0.2, 0.25) is 0 Å². The number of allylic oxidation sites excluding steroid dienone is 1. The molecule has 6 aliphatic heterocycles. The number of carboxylic acids is 1. The molecule has 0 radical (unpaired) electrons. The van der Waals surface area contributed by atoms with Crippen molar-refractivity contribution in [1.82, 2.24) is 0 Å². The molecule has 0 bridgehead atoms. The lowest BCUT2D eigenvalue weighted by Gasteiger charge is -2.71. The second-order valence-corrected chi connectivity index (χ2v) is 32.1. The van der Waals surface area contributed by atoms with Gasteiger partial charge in [-0.15, -0.1) is 0 Å². The van der Waals surface area contributed by atoms with E-state index in [0.29, 0.717) is 19.3 Å². The maximum Gasteiger partial charge on any atom is 0.315 e. The SMILES string of the molecule is CC(=O)O[C@H]1[C@@H](OC(C)=O)[C@@H](C)O[C@@H](OC(=O)[C@]23CCC(C)(C)CC2C2=CC[C@@H]4[C@@]5(C)C[C@H](O)[C@H](O[C@@H]6O[C@H](CO)[C@@H](O)[C@H](O)[C@H]6O[C@@H]6O[C@H](CO)[C@@H](O)[C@H](O)[C@H]6O)[C@@](C)(C(=O)O)C5CC[C@@]4(C)[C@]2(CO)CC3)[C@@H]1O[C@@H]1O[C@@H](C)[C@H](O[C@@H]2OC[C@@H](O)[C@H](O)[C@H]2O)[C@@H](O[C@@H]2OC[C@](O)(CO)[C@H]2O)[C@H]1O. The van der Waals surface area contributed by atoms with Gasteiger partial charge in [0.1, 0.15) is 103 Å². The lowest BCUT2D eigenvalue weighted by molar-refractivity contribution is -0.384. The molecule has 35 heteroatoms. The van der Waals surface area contributed by atoms with Crippen LogP contribution >= 0.6 is 0 Å². The Kier molecular flexibility index (Phi) is 23.5. The zero-order chi connectivity index (χ0) is 75.5. The Balaban J connectivity index is 0.899. The zero-order valence-corrected chi connectivity index (χ0v) is 59.0. The molecule has 11 rings (SSSR count). The summed E-state index contributed by atoms with van der Waals surface area (Å²) in [6, 6.07) is 0. The van der Waals surface area contributed by atoms with E-state index in [-0.39, 0.29) is 38.5 Å². The number of aliphatic carboxylic acids is 1. The summed E-state index contributed by atoms with van der Waals surface area (Å²) in [6.07, 6.45) is -45.3. The average molecular weight is 1480 g/mol. The molecule has 103 heavy (non-hydrogen) atoms. The minimum absolute atomic E-state index is 0.0942. The van der Waals surface area contributed by atoms with Crippen molar-refractivity contribution < 1.29 is 172 Å². The summed E-state index contributed by atoms with van der Waals surface area (Å²) in [5.41, 5.74) is -8.40. The second kappa shape index (κ2) is 30.1. The Hall–Kier alpha value is -3.46. The molecule has 0 amide bonds. The maximum absolute atomic E-state index is 16.1. The van der Waals surface area contributed by atoms with Crippen LogP contribution in [0.15, 0.2) is 11.6 Å². The molecule has 6 saturated heterocycles. The van der Waals surface area contributed by atoms with E-state index in [1.807, 2.05) is 19.9 Å². The first-order valence-corrected chi connectivity index (χ1v) is 35.5. The zero-order valence-electron chi connectivity index (χ0n) is 59.0. The normalized spacial score (nSPS) is 51.9. The summed E-state index contributed by atoms with van der Waals surface area (Å²) in [4.78, 5) is 56.5. The molecule has 0 aromatic carbocycles. The van der Waals surface area contributed by atoms with E-state index in [4.69, 9.17) is 66.3 Å². The highest BCUT2D eigenvalue weighted by molar-refractivity contribution is 5.79. The Morgan fingerprint density at radius 2 is 1.10 bits per heavy atom. The number of aliphatic hydroxyl groups excluding tert-OH is 15. The van der Waals surface area contributed by atoms with Crippen LogP contribution in [0, 0.1) is 50.2 Å². The topological polar surface area (TPSA) is 541 Å². The van der Waals surface area contributed by atoms with Gasteiger partial charge in [0.05, 0.1) is 68.8 Å². The van der Waals surface area contributed by atoms with Gasteiger partial charge in [0.2, 0.25) is 6.29 Å². The average Bonchev–Trinajstić information content (AvgIpc) is 0.964. The number of esters is 3. The van der Waals surface area contributed by atoms with Gasteiger partial charge in [-0.2, -0.15) is 0 Å². The summed E-state index contributed by atoms with van der Waals surface area (Å²) < 4.78 is 84.9. The Morgan fingerprint density at radius 3 is 1.72 bits per heavy atom. The van der Waals surface area contributed by atoms with E-state index >= 15 is 4.79 Å². The van der Waals surface area contributed by atoms with Crippen LogP contribution in [0.1, 0.15) is 120 Å². The molecule has 4 saturated carbocycles.